The number of aryl methyl sites for hydroxylation is 1. The van der Waals surface area contributed by atoms with Crippen LogP contribution in [0.5, 0.6) is 11.5 Å². The molecule has 2 aromatic carbocycles. The van der Waals surface area contributed by atoms with Crippen LogP contribution in [0, 0.1) is 6.92 Å². The Labute approximate surface area is 183 Å². The summed E-state index contributed by atoms with van der Waals surface area (Å²) in [6, 6.07) is 12.9. The molecule has 0 spiro atoms. The van der Waals surface area contributed by atoms with Gasteiger partial charge in [-0.15, -0.1) is 0 Å². The molecule has 1 unspecified atom stereocenters. The molecule has 6 nitrogen and oxygen atoms in total. The number of rotatable bonds is 9. The van der Waals surface area contributed by atoms with Crippen molar-refractivity contribution in [1.82, 2.24) is 10.2 Å². The van der Waals surface area contributed by atoms with Gasteiger partial charge < -0.3 is 14.8 Å². The fraction of sp³-hybridized carbons (Fsp3) is 0.440. The molecule has 2 aliphatic rings. The number of carbonyl (C=O) groups excluding carboxylic acids is 2. The number of carbonyl (C=O) groups is 2. The summed E-state index contributed by atoms with van der Waals surface area (Å²) in [5.74, 6) is 1.60. The number of ether oxygens (including phenoxy) is 2. The normalized spacial score (nSPS) is 16.4. The molecule has 2 aliphatic heterocycles. The van der Waals surface area contributed by atoms with Gasteiger partial charge in [0.15, 0.2) is 0 Å². The first kappa shape index (κ1) is 21.4. The van der Waals surface area contributed by atoms with E-state index in [-0.39, 0.29) is 17.9 Å². The highest BCUT2D eigenvalue weighted by Gasteiger charge is 2.28. The molecule has 0 radical (unpaired) electrons. The number of likely N-dealkylation sites (tertiary alicyclic amines) is 1. The van der Waals surface area contributed by atoms with E-state index in [0.29, 0.717) is 26.0 Å². The number of fused-ring (bicyclic) bond motifs is 1. The Hall–Kier alpha value is -2.86. The summed E-state index contributed by atoms with van der Waals surface area (Å²) in [7, 11) is 0. The average Bonchev–Trinajstić information content (AvgIpc) is 3.36. The van der Waals surface area contributed by atoms with Crippen molar-refractivity contribution in [2.45, 2.75) is 52.1 Å². The topological polar surface area (TPSA) is 67.9 Å². The first-order valence-corrected chi connectivity index (χ1v) is 11.1. The Morgan fingerprint density at radius 3 is 2.65 bits per heavy atom. The Bertz CT molecular complexity index is 956. The predicted molar refractivity (Wildman–Crippen MR) is 118 cm³/mol. The van der Waals surface area contributed by atoms with E-state index in [4.69, 9.17) is 9.47 Å². The maximum absolute atomic E-state index is 11.7. The molecule has 2 heterocycles. The van der Waals surface area contributed by atoms with Gasteiger partial charge in [-0.05, 0) is 47.7 Å². The Kier molecular flexibility index (Phi) is 6.56. The molecule has 6 heteroatoms. The van der Waals surface area contributed by atoms with Crippen LogP contribution in [0.15, 0.2) is 36.4 Å². The van der Waals surface area contributed by atoms with Crippen LogP contribution in [0.3, 0.4) is 0 Å². The predicted octanol–water partition coefficient (Wildman–Crippen LogP) is 3.70. The molecular weight excluding hydrogens is 392 g/mol. The average molecular weight is 423 g/mol. The van der Waals surface area contributed by atoms with Gasteiger partial charge in [-0.3, -0.25) is 14.5 Å². The second-order valence-corrected chi connectivity index (χ2v) is 8.19. The van der Waals surface area contributed by atoms with E-state index in [2.05, 4.69) is 42.6 Å². The van der Waals surface area contributed by atoms with Crippen LogP contribution >= 0.6 is 0 Å². The van der Waals surface area contributed by atoms with Gasteiger partial charge in [0.05, 0.1) is 13.2 Å². The molecule has 1 fully saturated rings. The van der Waals surface area contributed by atoms with Gasteiger partial charge in [0.2, 0.25) is 11.8 Å². The fourth-order valence-corrected chi connectivity index (χ4v) is 4.26. The zero-order chi connectivity index (χ0) is 21.8. The molecule has 1 atom stereocenters. The number of benzene rings is 2. The lowest BCUT2D eigenvalue weighted by atomic mass is 10.0. The minimum Gasteiger partial charge on any atom is -0.493 e. The summed E-state index contributed by atoms with van der Waals surface area (Å²) >= 11 is 0. The fourth-order valence-electron chi connectivity index (χ4n) is 4.26. The Balaban J connectivity index is 1.31. The summed E-state index contributed by atoms with van der Waals surface area (Å²) in [5, 5.41) is 3.67. The summed E-state index contributed by atoms with van der Waals surface area (Å²) in [4.78, 5) is 24.7. The molecule has 2 amide bonds. The molecule has 0 saturated carbocycles. The highest BCUT2D eigenvalue weighted by atomic mass is 16.5. The van der Waals surface area contributed by atoms with E-state index in [1.807, 2.05) is 13.0 Å². The lowest BCUT2D eigenvalue weighted by Crippen LogP contribution is -2.33. The number of nitrogens with one attached hydrogen (secondary N) is 1. The lowest BCUT2D eigenvalue weighted by Gasteiger charge is -2.19. The maximum atomic E-state index is 11.7. The van der Waals surface area contributed by atoms with Gasteiger partial charge in [-0.25, -0.2) is 0 Å². The van der Waals surface area contributed by atoms with Crippen LogP contribution in [0.1, 0.15) is 54.5 Å². The second-order valence-electron chi connectivity index (χ2n) is 8.19. The third-order valence-electron chi connectivity index (χ3n) is 6.04. The molecule has 0 bridgehead atoms. The van der Waals surface area contributed by atoms with Crippen molar-refractivity contribution < 1.29 is 19.1 Å². The van der Waals surface area contributed by atoms with Crippen LogP contribution in [0.4, 0.5) is 0 Å². The number of nitrogens with zero attached hydrogens (tertiary/aromatic N) is 1. The Morgan fingerprint density at radius 1 is 1.10 bits per heavy atom. The molecule has 0 aliphatic carbocycles. The zero-order valence-corrected chi connectivity index (χ0v) is 18.3. The van der Waals surface area contributed by atoms with Crippen molar-refractivity contribution in [3.63, 3.8) is 0 Å². The molecule has 0 aromatic heterocycles. The number of imide groups is 1. The van der Waals surface area contributed by atoms with Gasteiger partial charge in [0.25, 0.3) is 0 Å². The molecule has 31 heavy (non-hydrogen) atoms. The molecule has 2 aromatic rings. The minimum atomic E-state index is -0.104. The number of amides is 2. The van der Waals surface area contributed by atoms with Crippen molar-refractivity contribution in [3.05, 3.63) is 58.7 Å². The SMILES string of the molecule is CCC(NCc1ccc(OCCN2C(=O)CCC2=O)c(C)c1)c1ccc2c(c1)CCO2. The zero-order valence-electron chi connectivity index (χ0n) is 18.3. The van der Waals surface area contributed by atoms with E-state index in [9.17, 15) is 9.59 Å². The van der Waals surface area contributed by atoms with Crippen LogP contribution < -0.4 is 14.8 Å². The van der Waals surface area contributed by atoms with Crippen LogP contribution in [0.2, 0.25) is 0 Å². The smallest absolute Gasteiger partial charge is 0.229 e. The first-order chi connectivity index (χ1) is 15.0. The Morgan fingerprint density at radius 2 is 1.90 bits per heavy atom. The standard InChI is InChI=1S/C25H30N2O4/c1-3-21(19-5-7-23-20(15-19)10-12-30-23)26-16-18-4-6-22(17(2)14-18)31-13-11-27-24(28)8-9-25(27)29/h4-7,14-15,21,26H,3,8-13,16H2,1-2H3. The highest BCUT2D eigenvalue weighted by molar-refractivity contribution is 6.01. The third kappa shape index (κ3) is 4.90. The molecular formula is C25H30N2O4. The van der Waals surface area contributed by atoms with Gasteiger partial charge in [-0.1, -0.05) is 31.2 Å². The lowest BCUT2D eigenvalue weighted by molar-refractivity contribution is -0.138. The van der Waals surface area contributed by atoms with Crippen LogP contribution in [-0.4, -0.2) is 36.5 Å². The van der Waals surface area contributed by atoms with Gasteiger partial charge in [0.1, 0.15) is 18.1 Å². The molecule has 164 valence electrons. The van der Waals surface area contributed by atoms with E-state index >= 15 is 0 Å². The van der Waals surface area contributed by atoms with E-state index in [1.165, 1.54) is 21.6 Å². The van der Waals surface area contributed by atoms with Crippen LogP contribution in [-0.2, 0) is 22.6 Å². The van der Waals surface area contributed by atoms with E-state index in [1.54, 1.807) is 0 Å². The van der Waals surface area contributed by atoms with E-state index < -0.39 is 0 Å². The summed E-state index contributed by atoms with van der Waals surface area (Å²) in [6.07, 6.45) is 2.63. The highest BCUT2D eigenvalue weighted by Crippen LogP contribution is 2.29. The number of hydrogen-bond donors (Lipinski definition) is 1. The minimum absolute atomic E-state index is 0.104. The van der Waals surface area contributed by atoms with Gasteiger partial charge in [-0.2, -0.15) is 0 Å². The largest absolute Gasteiger partial charge is 0.493 e. The van der Waals surface area contributed by atoms with Crippen molar-refractivity contribution in [2.75, 3.05) is 19.8 Å². The van der Waals surface area contributed by atoms with Crippen molar-refractivity contribution in [2.24, 2.45) is 0 Å². The molecule has 4 rings (SSSR count). The maximum Gasteiger partial charge on any atom is 0.229 e. The monoisotopic (exact) mass is 422 g/mol. The third-order valence-corrected chi connectivity index (χ3v) is 6.04. The van der Waals surface area contributed by atoms with Crippen molar-refractivity contribution in [1.29, 1.82) is 0 Å². The van der Waals surface area contributed by atoms with Crippen molar-refractivity contribution >= 4 is 11.8 Å². The van der Waals surface area contributed by atoms with E-state index in [0.717, 1.165) is 43.1 Å². The molecule has 1 N–H and O–H groups in total. The number of hydrogen-bond acceptors (Lipinski definition) is 5. The van der Waals surface area contributed by atoms with Gasteiger partial charge >= 0.3 is 0 Å². The van der Waals surface area contributed by atoms with Crippen LogP contribution in [0.25, 0.3) is 0 Å². The second kappa shape index (κ2) is 9.52. The van der Waals surface area contributed by atoms with Gasteiger partial charge in [0, 0.05) is 31.8 Å². The summed E-state index contributed by atoms with van der Waals surface area (Å²) in [6.45, 7) is 6.38. The first-order valence-electron chi connectivity index (χ1n) is 11.1. The summed E-state index contributed by atoms with van der Waals surface area (Å²) in [5.41, 5.74) is 4.83. The quantitative estimate of drug-likeness (QED) is 0.624. The van der Waals surface area contributed by atoms with Crippen molar-refractivity contribution in [3.8, 4) is 11.5 Å². The molecule has 1 saturated heterocycles. The summed E-state index contributed by atoms with van der Waals surface area (Å²) < 4.78 is 11.5.